The number of aliphatic carboxylic acids is 1. The second-order valence-electron chi connectivity index (χ2n) is 8.67. The number of nitrogens with two attached hydrogens (primary N) is 2. The number of aromatic nitrogens is 1. The molecule has 4 unspecified atom stereocenters. The van der Waals surface area contributed by atoms with E-state index in [2.05, 4.69) is 28.2 Å². The molecule has 13 heteroatoms. The lowest BCUT2D eigenvalue weighted by Gasteiger charge is -2.28. The molecule has 1 fully saturated rings. The largest absolute Gasteiger partial charge is 0.480 e. The van der Waals surface area contributed by atoms with Crippen LogP contribution in [0.5, 0.6) is 0 Å². The molecule has 1 aliphatic heterocycles. The average molecular weight is 519 g/mol. The summed E-state index contributed by atoms with van der Waals surface area (Å²) < 4.78 is 0. The summed E-state index contributed by atoms with van der Waals surface area (Å²) in [5, 5.41) is 15.5. The molecule has 0 saturated carbocycles. The number of carbonyl (C=O) groups excluding carboxylic acids is 4. The van der Waals surface area contributed by atoms with Crippen LogP contribution in [-0.4, -0.2) is 81.1 Å². The van der Waals surface area contributed by atoms with E-state index in [0.717, 1.165) is 16.5 Å². The van der Waals surface area contributed by atoms with E-state index in [4.69, 9.17) is 11.5 Å². The van der Waals surface area contributed by atoms with Crippen molar-refractivity contribution in [1.29, 1.82) is 0 Å². The molecule has 0 bridgehead atoms. The van der Waals surface area contributed by atoms with Crippen molar-refractivity contribution in [2.75, 3.05) is 12.3 Å². The van der Waals surface area contributed by atoms with Crippen LogP contribution in [0.3, 0.4) is 0 Å². The smallest absolute Gasteiger partial charge is 0.326 e. The molecule has 36 heavy (non-hydrogen) atoms. The summed E-state index contributed by atoms with van der Waals surface area (Å²) >= 11 is 4.12. The molecule has 194 valence electrons. The van der Waals surface area contributed by atoms with E-state index in [1.165, 1.54) is 4.90 Å². The third-order valence-electron chi connectivity index (χ3n) is 6.11. The van der Waals surface area contributed by atoms with Crippen LogP contribution in [0, 0.1) is 0 Å². The number of fused-ring (bicyclic) bond motifs is 1. The van der Waals surface area contributed by atoms with Crippen molar-refractivity contribution in [1.82, 2.24) is 20.5 Å². The van der Waals surface area contributed by atoms with Crippen LogP contribution in [0.2, 0.25) is 0 Å². The number of carboxylic acid groups (broad SMARTS) is 1. The van der Waals surface area contributed by atoms with Gasteiger partial charge in [0.1, 0.15) is 18.1 Å². The van der Waals surface area contributed by atoms with Gasteiger partial charge >= 0.3 is 5.97 Å². The van der Waals surface area contributed by atoms with Crippen molar-refractivity contribution >= 4 is 53.1 Å². The van der Waals surface area contributed by atoms with Gasteiger partial charge in [0.15, 0.2) is 0 Å². The number of nitrogens with one attached hydrogen (secondary N) is 3. The predicted octanol–water partition coefficient (Wildman–Crippen LogP) is -1.11. The SMILES string of the molecule is NC(=O)CC(N)C(=O)NC(CS)C(=O)NC(Cc1c[nH]c2ccccc12)C(=O)N1CCCC1C(=O)O. The fourth-order valence-corrected chi connectivity index (χ4v) is 4.52. The zero-order chi connectivity index (χ0) is 26.4. The highest BCUT2D eigenvalue weighted by molar-refractivity contribution is 7.80. The fourth-order valence-electron chi connectivity index (χ4n) is 4.26. The van der Waals surface area contributed by atoms with Gasteiger partial charge in [0.2, 0.25) is 23.6 Å². The molecule has 4 atom stereocenters. The molecule has 1 aromatic carbocycles. The van der Waals surface area contributed by atoms with Gasteiger partial charge in [0.25, 0.3) is 0 Å². The fraction of sp³-hybridized carbons (Fsp3) is 0.435. The number of hydrogen-bond donors (Lipinski definition) is 7. The summed E-state index contributed by atoms with van der Waals surface area (Å²) in [6, 6.07) is 2.96. The Morgan fingerprint density at radius 3 is 2.50 bits per heavy atom. The number of nitrogens with zero attached hydrogens (tertiary/aromatic N) is 1. The molecule has 1 aromatic heterocycles. The highest BCUT2D eigenvalue weighted by atomic mass is 32.1. The van der Waals surface area contributed by atoms with Crippen molar-refractivity contribution in [2.45, 2.75) is 49.9 Å². The van der Waals surface area contributed by atoms with Crippen LogP contribution in [-0.2, 0) is 30.4 Å². The summed E-state index contributed by atoms with van der Waals surface area (Å²) in [5.74, 6) is -4.00. The van der Waals surface area contributed by atoms with Crippen LogP contribution in [0.1, 0.15) is 24.8 Å². The maximum Gasteiger partial charge on any atom is 0.326 e. The van der Waals surface area contributed by atoms with Gasteiger partial charge in [-0.1, -0.05) is 18.2 Å². The number of carbonyl (C=O) groups is 5. The van der Waals surface area contributed by atoms with E-state index in [0.29, 0.717) is 12.8 Å². The van der Waals surface area contributed by atoms with Gasteiger partial charge in [0, 0.05) is 35.8 Å². The first-order valence-corrected chi connectivity index (χ1v) is 12.1. The maximum atomic E-state index is 13.5. The van der Waals surface area contributed by atoms with Gasteiger partial charge in [-0.05, 0) is 24.5 Å². The third kappa shape index (κ3) is 6.34. The molecule has 2 aromatic rings. The van der Waals surface area contributed by atoms with E-state index < -0.39 is 60.2 Å². The molecule has 0 spiro atoms. The highest BCUT2D eigenvalue weighted by Crippen LogP contribution is 2.23. The van der Waals surface area contributed by atoms with Crippen LogP contribution in [0.15, 0.2) is 30.5 Å². The van der Waals surface area contributed by atoms with Gasteiger partial charge < -0.3 is 37.1 Å². The number of likely N-dealkylation sites (tertiary alicyclic amines) is 1. The monoisotopic (exact) mass is 518 g/mol. The van der Waals surface area contributed by atoms with Crippen molar-refractivity contribution in [2.24, 2.45) is 11.5 Å². The highest BCUT2D eigenvalue weighted by Gasteiger charge is 2.38. The van der Waals surface area contributed by atoms with Gasteiger partial charge in [-0.3, -0.25) is 19.2 Å². The molecule has 2 heterocycles. The second-order valence-corrected chi connectivity index (χ2v) is 9.04. The number of benzene rings is 1. The number of carboxylic acids is 1. The number of para-hydroxylation sites is 1. The van der Waals surface area contributed by atoms with E-state index >= 15 is 0 Å². The van der Waals surface area contributed by atoms with Crippen molar-refractivity contribution in [3.63, 3.8) is 0 Å². The molecule has 12 nitrogen and oxygen atoms in total. The van der Waals surface area contributed by atoms with Gasteiger partial charge in [-0.2, -0.15) is 12.6 Å². The normalized spacial score (nSPS) is 17.8. The molecule has 0 radical (unpaired) electrons. The lowest BCUT2D eigenvalue weighted by atomic mass is 10.0. The van der Waals surface area contributed by atoms with E-state index in [1.807, 2.05) is 24.3 Å². The van der Waals surface area contributed by atoms with Crippen molar-refractivity contribution in [3.05, 3.63) is 36.0 Å². The molecule has 3 rings (SSSR count). The standard InChI is InChI=1S/C23H30N6O6S/c24-14(9-19(25)30)20(31)28-17(11-36)21(32)27-16(22(33)29-7-3-6-18(29)23(34)35)8-12-10-26-15-5-2-1-4-13(12)15/h1-2,4-5,10,14,16-18,26,36H,3,6-9,11,24H2,(H2,25,30)(H,27,32)(H,28,31)(H,34,35). The minimum atomic E-state index is -1.25. The molecular formula is C23H30N6O6S. The number of H-pyrrole nitrogens is 1. The predicted molar refractivity (Wildman–Crippen MR) is 134 cm³/mol. The summed E-state index contributed by atoms with van der Waals surface area (Å²) in [6.45, 7) is 0.255. The Labute approximate surface area is 212 Å². The first-order valence-electron chi connectivity index (χ1n) is 11.5. The first kappa shape index (κ1) is 27.0. The minimum absolute atomic E-state index is 0.0891. The summed E-state index contributed by atoms with van der Waals surface area (Å²) in [7, 11) is 0. The Morgan fingerprint density at radius 2 is 1.83 bits per heavy atom. The summed E-state index contributed by atoms with van der Waals surface area (Å²) in [5.41, 5.74) is 12.3. The molecule has 8 N–H and O–H groups in total. The van der Waals surface area contributed by atoms with Crippen molar-refractivity contribution < 1.29 is 29.1 Å². The van der Waals surface area contributed by atoms with Crippen LogP contribution >= 0.6 is 12.6 Å². The van der Waals surface area contributed by atoms with Gasteiger partial charge in [-0.25, -0.2) is 4.79 Å². The van der Waals surface area contributed by atoms with Crippen LogP contribution in [0.25, 0.3) is 10.9 Å². The number of hydrogen-bond acceptors (Lipinski definition) is 7. The Morgan fingerprint density at radius 1 is 1.14 bits per heavy atom. The maximum absolute atomic E-state index is 13.5. The lowest BCUT2D eigenvalue weighted by molar-refractivity contribution is -0.149. The van der Waals surface area contributed by atoms with Crippen LogP contribution < -0.4 is 22.1 Å². The quantitative estimate of drug-likeness (QED) is 0.183. The number of amides is 4. The van der Waals surface area contributed by atoms with E-state index in [9.17, 15) is 29.1 Å². The number of thiol groups is 1. The van der Waals surface area contributed by atoms with Crippen LogP contribution in [0.4, 0.5) is 0 Å². The Kier molecular flexibility index (Phi) is 8.93. The van der Waals surface area contributed by atoms with Gasteiger partial charge in [-0.15, -0.1) is 0 Å². The third-order valence-corrected chi connectivity index (χ3v) is 6.47. The van der Waals surface area contributed by atoms with E-state index in [1.54, 1.807) is 6.20 Å². The molecular weight excluding hydrogens is 488 g/mol. The van der Waals surface area contributed by atoms with Crippen molar-refractivity contribution in [3.8, 4) is 0 Å². The first-order chi connectivity index (χ1) is 17.1. The minimum Gasteiger partial charge on any atom is -0.480 e. The summed E-state index contributed by atoms with van der Waals surface area (Å²) in [6.07, 6.45) is 2.27. The average Bonchev–Trinajstić information content (AvgIpc) is 3.48. The topological polar surface area (TPSA) is 201 Å². The zero-order valence-electron chi connectivity index (χ0n) is 19.5. The zero-order valence-corrected chi connectivity index (χ0v) is 20.4. The lowest BCUT2D eigenvalue weighted by Crippen LogP contribution is -2.58. The Balaban J connectivity index is 1.82. The molecule has 1 saturated heterocycles. The summed E-state index contributed by atoms with van der Waals surface area (Å²) in [4.78, 5) is 66.0. The second kappa shape index (κ2) is 11.9. The Bertz CT molecular complexity index is 1150. The molecule has 1 aliphatic rings. The Hall–Kier alpha value is -3.58. The molecule has 0 aliphatic carbocycles. The number of aromatic amines is 1. The molecule has 4 amide bonds. The van der Waals surface area contributed by atoms with Gasteiger partial charge in [0.05, 0.1) is 12.5 Å². The number of primary amides is 1. The van der Waals surface area contributed by atoms with E-state index in [-0.39, 0.29) is 18.7 Å². The number of rotatable bonds is 11.